The summed E-state index contributed by atoms with van der Waals surface area (Å²) in [5, 5.41) is 3.30. The second kappa shape index (κ2) is 7.19. The Morgan fingerprint density at radius 1 is 1.22 bits per heavy atom. The Morgan fingerprint density at radius 2 is 2.04 bits per heavy atom. The fourth-order valence-corrected chi connectivity index (χ4v) is 4.08. The second-order valence-electron chi connectivity index (χ2n) is 7.50. The molecular formula is C21H24N2O4. The minimum absolute atomic E-state index is 0.0339. The van der Waals surface area contributed by atoms with Crippen LogP contribution in [0.25, 0.3) is 0 Å². The van der Waals surface area contributed by atoms with Crippen molar-refractivity contribution in [3.05, 3.63) is 59.0 Å². The molecule has 1 spiro atoms. The number of carbonyl (C=O) groups excluding carboxylic acids is 2. The lowest BCUT2D eigenvalue weighted by molar-refractivity contribution is -0.142. The van der Waals surface area contributed by atoms with Gasteiger partial charge in [-0.15, -0.1) is 0 Å². The van der Waals surface area contributed by atoms with Crippen LogP contribution in [0.15, 0.2) is 40.8 Å². The van der Waals surface area contributed by atoms with E-state index in [1.54, 1.807) is 0 Å². The SMILES string of the molecule is CC(=O)OCc1ccc(CN2CCC3(CCc4ccccc4C(=O)N3)C2)o1. The van der Waals surface area contributed by atoms with Gasteiger partial charge in [-0.3, -0.25) is 14.5 Å². The Hall–Kier alpha value is -2.60. The maximum absolute atomic E-state index is 12.7. The van der Waals surface area contributed by atoms with E-state index in [4.69, 9.17) is 9.15 Å². The third-order valence-corrected chi connectivity index (χ3v) is 5.46. The predicted octanol–water partition coefficient (Wildman–Crippen LogP) is 2.66. The highest BCUT2D eigenvalue weighted by molar-refractivity contribution is 5.96. The quantitative estimate of drug-likeness (QED) is 0.840. The Morgan fingerprint density at radius 3 is 2.89 bits per heavy atom. The van der Waals surface area contributed by atoms with E-state index in [2.05, 4.69) is 10.2 Å². The number of benzene rings is 1. The first-order valence-electron chi connectivity index (χ1n) is 9.37. The molecule has 0 saturated carbocycles. The smallest absolute Gasteiger partial charge is 0.303 e. The average Bonchev–Trinajstić information content (AvgIpc) is 3.22. The molecule has 1 unspecified atom stereocenters. The molecule has 1 aromatic carbocycles. The molecule has 0 radical (unpaired) electrons. The number of esters is 1. The zero-order valence-corrected chi connectivity index (χ0v) is 15.5. The van der Waals surface area contributed by atoms with Crippen LogP contribution in [0.1, 0.15) is 47.2 Å². The van der Waals surface area contributed by atoms with Crippen molar-refractivity contribution in [2.24, 2.45) is 0 Å². The summed E-state index contributed by atoms with van der Waals surface area (Å²) in [7, 11) is 0. The molecule has 1 N–H and O–H groups in total. The van der Waals surface area contributed by atoms with Crippen LogP contribution < -0.4 is 5.32 Å². The second-order valence-corrected chi connectivity index (χ2v) is 7.50. The fourth-order valence-electron chi connectivity index (χ4n) is 4.08. The van der Waals surface area contributed by atoms with Gasteiger partial charge < -0.3 is 14.5 Å². The first-order chi connectivity index (χ1) is 13.0. The molecule has 1 amide bonds. The number of nitrogens with zero attached hydrogens (tertiary/aromatic N) is 1. The van der Waals surface area contributed by atoms with Gasteiger partial charge in [0.2, 0.25) is 0 Å². The molecule has 27 heavy (non-hydrogen) atoms. The zero-order valence-electron chi connectivity index (χ0n) is 15.5. The van der Waals surface area contributed by atoms with E-state index in [-0.39, 0.29) is 24.0 Å². The number of aryl methyl sites for hydroxylation is 1. The van der Waals surface area contributed by atoms with Crippen LogP contribution in [0.2, 0.25) is 0 Å². The summed E-state index contributed by atoms with van der Waals surface area (Å²) in [6.45, 7) is 3.95. The molecule has 3 heterocycles. The highest BCUT2D eigenvalue weighted by atomic mass is 16.5. The number of hydrogen-bond donors (Lipinski definition) is 1. The van der Waals surface area contributed by atoms with Gasteiger partial charge >= 0.3 is 5.97 Å². The standard InChI is InChI=1S/C21H24N2O4/c1-15(24)26-13-18-7-6-17(27-18)12-23-11-10-21(14-23)9-8-16-4-2-3-5-19(16)20(25)22-21/h2-7H,8-14H2,1H3,(H,22,25). The van der Waals surface area contributed by atoms with E-state index in [0.717, 1.165) is 49.2 Å². The lowest BCUT2D eigenvalue weighted by atomic mass is 9.91. The number of carbonyl (C=O) groups is 2. The monoisotopic (exact) mass is 368 g/mol. The van der Waals surface area contributed by atoms with E-state index in [1.807, 2.05) is 36.4 Å². The van der Waals surface area contributed by atoms with Crippen LogP contribution >= 0.6 is 0 Å². The Labute approximate surface area is 158 Å². The van der Waals surface area contributed by atoms with Crippen molar-refractivity contribution < 1.29 is 18.7 Å². The number of likely N-dealkylation sites (tertiary alicyclic amines) is 1. The van der Waals surface area contributed by atoms with Gasteiger partial charge in [0, 0.05) is 25.6 Å². The van der Waals surface area contributed by atoms with E-state index in [9.17, 15) is 9.59 Å². The van der Waals surface area contributed by atoms with E-state index >= 15 is 0 Å². The van der Waals surface area contributed by atoms with Crippen molar-refractivity contribution in [2.75, 3.05) is 13.1 Å². The predicted molar refractivity (Wildman–Crippen MR) is 99.0 cm³/mol. The minimum Gasteiger partial charge on any atom is -0.461 e. The van der Waals surface area contributed by atoms with Gasteiger partial charge in [-0.2, -0.15) is 0 Å². The molecule has 1 fully saturated rings. The number of fused-ring (bicyclic) bond motifs is 1. The molecule has 4 rings (SSSR count). The molecule has 1 saturated heterocycles. The van der Waals surface area contributed by atoms with Crippen LogP contribution in [-0.2, 0) is 29.1 Å². The topological polar surface area (TPSA) is 71.8 Å². The summed E-state index contributed by atoms with van der Waals surface area (Å²) in [5.41, 5.74) is 1.75. The largest absolute Gasteiger partial charge is 0.461 e. The van der Waals surface area contributed by atoms with Gasteiger partial charge in [0.15, 0.2) is 0 Å². The summed E-state index contributed by atoms with van der Waals surface area (Å²) in [6.07, 6.45) is 2.80. The van der Waals surface area contributed by atoms with Crippen molar-refractivity contribution in [1.29, 1.82) is 0 Å². The highest BCUT2D eigenvalue weighted by Crippen LogP contribution is 2.31. The average molecular weight is 368 g/mol. The summed E-state index contributed by atoms with van der Waals surface area (Å²) < 4.78 is 10.7. The van der Waals surface area contributed by atoms with E-state index in [1.165, 1.54) is 6.92 Å². The Kier molecular flexibility index (Phi) is 4.74. The zero-order chi connectivity index (χ0) is 18.9. The molecule has 1 atom stereocenters. The lowest BCUT2D eigenvalue weighted by Gasteiger charge is -2.29. The molecule has 2 aromatic rings. The number of rotatable bonds is 4. The fraction of sp³-hybridized carbons (Fsp3) is 0.429. The molecule has 2 aliphatic heterocycles. The summed E-state index contributed by atoms with van der Waals surface area (Å²) in [4.78, 5) is 25.9. The van der Waals surface area contributed by atoms with Crippen LogP contribution in [0.5, 0.6) is 0 Å². The van der Waals surface area contributed by atoms with Crippen molar-refractivity contribution in [3.8, 4) is 0 Å². The van der Waals surface area contributed by atoms with Crippen molar-refractivity contribution in [1.82, 2.24) is 10.2 Å². The molecular weight excluding hydrogens is 344 g/mol. The van der Waals surface area contributed by atoms with Crippen LogP contribution in [0.4, 0.5) is 0 Å². The molecule has 142 valence electrons. The summed E-state index contributed by atoms with van der Waals surface area (Å²) >= 11 is 0. The normalized spacial score (nSPS) is 22.3. The number of ether oxygens (including phenoxy) is 1. The lowest BCUT2D eigenvalue weighted by Crippen LogP contribution is -2.49. The summed E-state index contributed by atoms with van der Waals surface area (Å²) in [5.74, 6) is 1.20. The molecule has 1 aromatic heterocycles. The number of hydrogen-bond acceptors (Lipinski definition) is 5. The molecule has 2 aliphatic rings. The molecule has 6 heteroatoms. The molecule has 0 bridgehead atoms. The first kappa shape index (κ1) is 17.8. The third-order valence-electron chi connectivity index (χ3n) is 5.46. The van der Waals surface area contributed by atoms with Crippen molar-refractivity contribution in [2.45, 2.75) is 44.9 Å². The van der Waals surface area contributed by atoms with Gasteiger partial charge in [-0.25, -0.2) is 0 Å². The van der Waals surface area contributed by atoms with E-state index in [0.29, 0.717) is 12.3 Å². The van der Waals surface area contributed by atoms with Crippen LogP contribution in [0.3, 0.4) is 0 Å². The number of nitrogens with one attached hydrogen (secondary N) is 1. The number of amides is 1. The van der Waals surface area contributed by atoms with Gasteiger partial charge in [0.1, 0.15) is 18.1 Å². The van der Waals surface area contributed by atoms with Gasteiger partial charge in [0.25, 0.3) is 5.91 Å². The van der Waals surface area contributed by atoms with Crippen LogP contribution in [0, 0.1) is 0 Å². The highest BCUT2D eigenvalue weighted by Gasteiger charge is 2.41. The minimum atomic E-state index is -0.320. The van der Waals surface area contributed by atoms with Crippen molar-refractivity contribution >= 4 is 11.9 Å². The Bertz CT molecular complexity index is 859. The molecule has 0 aliphatic carbocycles. The first-order valence-corrected chi connectivity index (χ1v) is 9.37. The van der Waals surface area contributed by atoms with Gasteiger partial charge in [0.05, 0.1) is 12.1 Å². The third kappa shape index (κ3) is 3.90. The Balaban J connectivity index is 1.39. The van der Waals surface area contributed by atoms with Crippen molar-refractivity contribution in [3.63, 3.8) is 0 Å². The van der Waals surface area contributed by atoms with E-state index < -0.39 is 0 Å². The maximum atomic E-state index is 12.7. The van der Waals surface area contributed by atoms with Gasteiger partial charge in [-0.05, 0) is 43.0 Å². The molecule has 6 nitrogen and oxygen atoms in total. The maximum Gasteiger partial charge on any atom is 0.303 e. The van der Waals surface area contributed by atoms with Gasteiger partial charge in [-0.1, -0.05) is 18.2 Å². The summed E-state index contributed by atoms with van der Waals surface area (Å²) in [6, 6.07) is 11.6. The number of furan rings is 1. The van der Waals surface area contributed by atoms with Crippen LogP contribution in [-0.4, -0.2) is 35.4 Å².